The van der Waals surface area contributed by atoms with E-state index in [1.165, 1.54) is 32.4 Å². The highest BCUT2D eigenvalue weighted by Crippen LogP contribution is 2.20. The first-order valence-electron chi connectivity index (χ1n) is 7.69. The lowest BCUT2D eigenvalue weighted by Gasteiger charge is -2.31. The van der Waals surface area contributed by atoms with Crippen LogP contribution in [0.3, 0.4) is 0 Å². The van der Waals surface area contributed by atoms with Gasteiger partial charge in [-0.2, -0.15) is 0 Å². The molecule has 1 aliphatic rings. The van der Waals surface area contributed by atoms with Crippen molar-refractivity contribution >= 4 is 0 Å². The summed E-state index contributed by atoms with van der Waals surface area (Å²) in [4.78, 5) is 2.50. The minimum absolute atomic E-state index is 0.814. The highest BCUT2D eigenvalue weighted by Gasteiger charge is 2.19. The molecule has 0 radical (unpaired) electrons. The molecule has 2 rings (SSSR count). The maximum Gasteiger partial charge on any atom is 0.151 e. The third kappa shape index (κ3) is 4.62. The summed E-state index contributed by atoms with van der Waals surface area (Å²) in [6, 6.07) is 2.10. The van der Waals surface area contributed by atoms with Gasteiger partial charge in [0, 0.05) is 19.2 Å². The smallest absolute Gasteiger partial charge is 0.151 e. The zero-order chi connectivity index (χ0) is 13.5. The van der Waals surface area contributed by atoms with E-state index in [0.29, 0.717) is 0 Å². The molecular weight excluding hydrogens is 238 g/mol. The molecule has 1 aromatic rings. The van der Waals surface area contributed by atoms with Gasteiger partial charge < -0.3 is 9.84 Å². The molecule has 4 nitrogen and oxygen atoms in total. The summed E-state index contributed by atoms with van der Waals surface area (Å²) < 4.78 is 5.44. The normalized spacial score (nSPS) is 20.8. The topological polar surface area (TPSA) is 41.3 Å². The van der Waals surface area contributed by atoms with Crippen molar-refractivity contribution in [2.75, 3.05) is 19.6 Å². The standard InChI is InChI=1S/C15H27N3O/c1-3-7-16-10-14-9-15(19-17-14)12-18-8-5-6-13(4-2)11-18/h9,13,16H,3-8,10-12H2,1-2H3. The summed E-state index contributed by atoms with van der Waals surface area (Å²) in [6.07, 6.45) is 5.14. The molecule has 1 aliphatic heterocycles. The summed E-state index contributed by atoms with van der Waals surface area (Å²) in [7, 11) is 0. The van der Waals surface area contributed by atoms with Gasteiger partial charge >= 0.3 is 0 Å². The van der Waals surface area contributed by atoms with E-state index in [0.717, 1.165) is 43.4 Å². The van der Waals surface area contributed by atoms with Gasteiger partial charge in [-0.15, -0.1) is 0 Å². The average Bonchev–Trinajstić information content (AvgIpc) is 2.87. The van der Waals surface area contributed by atoms with Gasteiger partial charge in [0.1, 0.15) is 0 Å². The SMILES string of the molecule is CCCNCc1cc(CN2CCCC(CC)C2)on1. The predicted octanol–water partition coefficient (Wildman–Crippen LogP) is 2.80. The summed E-state index contributed by atoms with van der Waals surface area (Å²) in [5, 5.41) is 7.48. The van der Waals surface area contributed by atoms with E-state index >= 15 is 0 Å². The van der Waals surface area contributed by atoms with Gasteiger partial charge in [0.25, 0.3) is 0 Å². The molecule has 0 amide bonds. The van der Waals surface area contributed by atoms with E-state index < -0.39 is 0 Å². The first kappa shape index (κ1) is 14.5. The van der Waals surface area contributed by atoms with Gasteiger partial charge in [0.15, 0.2) is 5.76 Å². The zero-order valence-corrected chi connectivity index (χ0v) is 12.3. The van der Waals surface area contributed by atoms with E-state index in [1.807, 2.05) is 0 Å². The lowest BCUT2D eigenvalue weighted by Crippen LogP contribution is -2.34. The number of aromatic nitrogens is 1. The number of hydrogen-bond donors (Lipinski definition) is 1. The van der Waals surface area contributed by atoms with Crippen LogP contribution in [-0.2, 0) is 13.1 Å². The van der Waals surface area contributed by atoms with E-state index in [-0.39, 0.29) is 0 Å². The first-order valence-corrected chi connectivity index (χ1v) is 7.69. The number of nitrogens with zero attached hydrogens (tertiary/aromatic N) is 2. The van der Waals surface area contributed by atoms with Gasteiger partial charge in [-0.05, 0) is 38.3 Å². The predicted molar refractivity (Wildman–Crippen MR) is 76.8 cm³/mol. The van der Waals surface area contributed by atoms with E-state index in [9.17, 15) is 0 Å². The number of likely N-dealkylation sites (tertiary alicyclic amines) is 1. The van der Waals surface area contributed by atoms with Crippen LogP contribution in [0.4, 0.5) is 0 Å². The second-order valence-corrected chi connectivity index (χ2v) is 5.61. The van der Waals surface area contributed by atoms with Crippen molar-refractivity contribution in [1.82, 2.24) is 15.4 Å². The van der Waals surface area contributed by atoms with Crippen molar-refractivity contribution in [2.24, 2.45) is 5.92 Å². The van der Waals surface area contributed by atoms with Gasteiger partial charge in [0.05, 0.1) is 12.2 Å². The van der Waals surface area contributed by atoms with Gasteiger partial charge in [-0.3, -0.25) is 4.90 Å². The lowest BCUT2D eigenvalue weighted by molar-refractivity contribution is 0.150. The van der Waals surface area contributed by atoms with Crippen molar-refractivity contribution < 1.29 is 4.52 Å². The van der Waals surface area contributed by atoms with Crippen LogP contribution in [0, 0.1) is 5.92 Å². The van der Waals surface area contributed by atoms with Crippen molar-refractivity contribution in [2.45, 2.75) is 52.6 Å². The van der Waals surface area contributed by atoms with Crippen LogP contribution in [0.1, 0.15) is 51.0 Å². The van der Waals surface area contributed by atoms with Gasteiger partial charge in [-0.1, -0.05) is 25.4 Å². The van der Waals surface area contributed by atoms with Gasteiger partial charge in [0.2, 0.25) is 0 Å². The number of piperidine rings is 1. The monoisotopic (exact) mass is 265 g/mol. The molecule has 1 fully saturated rings. The minimum atomic E-state index is 0.814. The Labute approximate surface area is 116 Å². The summed E-state index contributed by atoms with van der Waals surface area (Å²) in [6.45, 7) is 9.63. The van der Waals surface area contributed by atoms with Crippen molar-refractivity contribution in [3.8, 4) is 0 Å². The fourth-order valence-electron chi connectivity index (χ4n) is 2.76. The molecule has 0 bridgehead atoms. The van der Waals surface area contributed by atoms with Crippen LogP contribution in [0.5, 0.6) is 0 Å². The molecule has 4 heteroatoms. The Hall–Kier alpha value is -0.870. The van der Waals surface area contributed by atoms with Crippen LogP contribution < -0.4 is 5.32 Å². The molecular formula is C15H27N3O. The van der Waals surface area contributed by atoms with E-state index in [2.05, 4.69) is 35.3 Å². The quantitative estimate of drug-likeness (QED) is 0.770. The molecule has 0 aliphatic carbocycles. The number of hydrogen-bond acceptors (Lipinski definition) is 4. The summed E-state index contributed by atoms with van der Waals surface area (Å²) in [5.74, 6) is 1.87. The molecule has 108 valence electrons. The number of rotatable bonds is 7. The van der Waals surface area contributed by atoms with E-state index in [4.69, 9.17) is 4.52 Å². The third-order valence-corrected chi connectivity index (χ3v) is 3.90. The van der Waals surface area contributed by atoms with Crippen LogP contribution in [0.25, 0.3) is 0 Å². The van der Waals surface area contributed by atoms with Crippen LogP contribution in [-0.4, -0.2) is 29.7 Å². The molecule has 0 saturated carbocycles. The van der Waals surface area contributed by atoms with Crippen LogP contribution in [0.15, 0.2) is 10.6 Å². The molecule has 1 aromatic heterocycles. The molecule has 2 heterocycles. The molecule has 1 atom stereocenters. The maximum absolute atomic E-state index is 5.44. The highest BCUT2D eigenvalue weighted by atomic mass is 16.5. The van der Waals surface area contributed by atoms with Crippen molar-refractivity contribution in [1.29, 1.82) is 0 Å². The Morgan fingerprint density at radius 2 is 2.37 bits per heavy atom. The third-order valence-electron chi connectivity index (χ3n) is 3.90. The molecule has 1 unspecified atom stereocenters. The largest absolute Gasteiger partial charge is 0.360 e. The Balaban J connectivity index is 1.78. The Kier molecular flexibility index (Phi) is 5.86. The molecule has 0 spiro atoms. The first-order chi connectivity index (χ1) is 9.31. The van der Waals surface area contributed by atoms with E-state index in [1.54, 1.807) is 0 Å². The number of nitrogens with one attached hydrogen (secondary N) is 1. The Morgan fingerprint density at radius 3 is 3.16 bits per heavy atom. The molecule has 0 aromatic carbocycles. The average molecular weight is 265 g/mol. The minimum Gasteiger partial charge on any atom is -0.360 e. The molecule has 1 saturated heterocycles. The zero-order valence-electron chi connectivity index (χ0n) is 12.3. The second kappa shape index (κ2) is 7.65. The Morgan fingerprint density at radius 1 is 1.47 bits per heavy atom. The fraction of sp³-hybridized carbons (Fsp3) is 0.800. The Bertz CT molecular complexity index is 364. The second-order valence-electron chi connectivity index (χ2n) is 5.61. The summed E-state index contributed by atoms with van der Waals surface area (Å²) >= 11 is 0. The molecule has 19 heavy (non-hydrogen) atoms. The van der Waals surface area contributed by atoms with Crippen LogP contribution in [0.2, 0.25) is 0 Å². The van der Waals surface area contributed by atoms with Crippen molar-refractivity contribution in [3.05, 3.63) is 17.5 Å². The fourth-order valence-corrected chi connectivity index (χ4v) is 2.76. The highest BCUT2D eigenvalue weighted by molar-refractivity contribution is 5.05. The molecule has 1 N–H and O–H groups in total. The summed E-state index contributed by atoms with van der Waals surface area (Å²) in [5.41, 5.74) is 1.02. The van der Waals surface area contributed by atoms with Crippen molar-refractivity contribution in [3.63, 3.8) is 0 Å². The maximum atomic E-state index is 5.44. The van der Waals surface area contributed by atoms with Crippen LogP contribution >= 0.6 is 0 Å². The lowest BCUT2D eigenvalue weighted by atomic mass is 9.96. The van der Waals surface area contributed by atoms with Gasteiger partial charge in [-0.25, -0.2) is 0 Å².